The van der Waals surface area contributed by atoms with E-state index < -0.39 is 10.0 Å². The molecule has 4 aliphatic rings. The number of nitrogens with zero attached hydrogens (tertiary/aromatic N) is 3. The molecule has 0 spiro atoms. The summed E-state index contributed by atoms with van der Waals surface area (Å²) in [6.07, 6.45) is 4.92. The van der Waals surface area contributed by atoms with E-state index in [1.807, 2.05) is 24.3 Å². The van der Waals surface area contributed by atoms with Crippen molar-refractivity contribution in [3.8, 4) is 11.3 Å². The highest BCUT2D eigenvalue weighted by Gasteiger charge is 2.44. The third-order valence-corrected chi connectivity index (χ3v) is 8.36. The average molecular weight is 395 g/mol. The molecule has 1 aromatic carbocycles. The smallest absolute Gasteiger partial charge is 0.244 e. The number of hydrogen-bond donors (Lipinski definition) is 1. The van der Waals surface area contributed by atoms with Crippen LogP contribution in [0.5, 0.6) is 0 Å². The first-order valence-corrected chi connectivity index (χ1v) is 11.4. The fourth-order valence-electron chi connectivity index (χ4n) is 4.69. The quantitative estimate of drug-likeness (QED) is 0.738. The molecule has 5 heterocycles. The van der Waals surface area contributed by atoms with Crippen molar-refractivity contribution in [3.05, 3.63) is 42.6 Å². The summed E-state index contributed by atoms with van der Waals surface area (Å²) in [6, 6.07) is 12.6. The summed E-state index contributed by atoms with van der Waals surface area (Å²) in [5.74, 6) is 1.66. The van der Waals surface area contributed by atoms with Crippen molar-refractivity contribution in [1.82, 2.24) is 14.3 Å². The van der Waals surface area contributed by atoms with Crippen LogP contribution in [0.1, 0.15) is 19.3 Å². The summed E-state index contributed by atoms with van der Waals surface area (Å²) in [5.41, 5.74) is 2.85. The van der Waals surface area contributed by atoms with Gasteiger partial charge in [0, 0.05) is 48.3 Å². The summed E-state index contributed by atoms with van der Waals surface area (Å²) >= 11 is 0. The highest BCUT2D eigenvalue weighted by molar-refractivity contribution is 7.89. The van der Waals surface area contributed by atoms with E-state index in [0.29, 0.717) is 19.1 Å². The molecule has 28 heavy (non-hydrogen) atoms. The fourth-order valence-corrected chi connectivity index (χ4v) is 6.18. The van der Waals surface area contributed by atoms with Crippen LogP contribution in [0.4, 0.5) is 5.82 Å². The molecule has 2 aromatic heterocycles. The maximum Gasteiger partial charge on any atom is 0.244 e. The van der Waals surface area contributed by atoms with Gasteiger partial charge in [-0.3, -0.25) is 0 Å². The average Bonchev–Trinajstić information content (AvgIpc) is 3.32. The standard InChI is InChI=1S/C21H22N4O2S/c26-28(27,24-6-3-7-24)17-11-18(20-10-15-4-1-2-5-19(15)23-20)21(22-12-17)25-13-14-8-16(25)9-14/h1-2,4-5,10-12,14,16,23H,3,6-9,13H2. The molecule has 0 amide bonds. The van der Waals surface area contributed by atoms with Crippen molar-refractivity contribution in [2.24, 2.45) is 5.92 Å². The van der Waals surface area contributed by atoms with Gasteiger partial charge in [0.2, 0.25) is 10.0 Å². The van der Waals surface area contributed by atoms with Crippen molar-refractivity contribution < 1.29 is 8.42 Å². The van der Waals surface area contributed by atoms with Gasteiger partial charge in [-0.1, -0.05) is 18.2 Å². The molecule has 6 nitrogen and oxygen atoms in total. The van der Waals surface area contributed by atoms with Gasteiger partial charge in [-0.25, -0.2) is 13.4 Å². The topological polar surface area (TPSA) is 69.3 Å². The van der Waals surface area contributed by atoms with E-state index >= 15 is 0 Å². The van der Waals surface area contributed by atoms with E-state index in [0.717, 1.165) is 46.9 Å². The number of aromatic nitrogens is 2. The number of sulfonamides is 1. The van der Waals surface area contributed by atoms with Crippen LogP contribution in [0.15, 0.2) is 47.5 Å². The number of nitrogens with one attached hydrogen (secondary N) is 1. The molecule has 4 fully saturated rings. The molecular formula is C21H22N4O2S. The van der Waals surface area contributed by atoms with E-state index in [9.17, 15) is 8.42 Å². The van der Waals surface area contributed by atoms with Crippen LogP contribution < -0.4 is 4.90 Å². The Labute approximate surface area is 164 Å². The number of anilines is 1. The number of benzene rings is 1. The number of aromatic amines is 1. The van der Waals surface area contributed by atoms with Crippen LogP contribution >= 0.6 is 0 Å². The molecule has 0 atom stereocenters. The molecular weight excluding hydrogens is 372 g/mol. The maximum absolute atomic E-state index is 12.9. The lowest BCUT2D eigenvalue weighted by atomic mass is 9.86. The van der Waals surface area contributed by atoms with Crippen LogP contribution in [-0.4, -0.2) is 48.4 Å². The molecule has 1 N–H and O–H groups in total. The zero-order valence-corrected chi connectivity index (χ0v) is 16.3. The Morgan fingerprint density at radius 2 is 1.93 bits per heavy atom. The first-order valence-electron chi connectivity index (χ1n) is 9.94. The Kier molecular flexibility index (Phi) is 3.44. The molecule has 0 radical (unpaired) electrons. The van der Waals surface area contributed by atoms with Crippen molar-refractivity contribution in [2.75, 3.05) is 24.5 Å². The summed E-state index contributed by atoms with van der Waals surface area (Å²) in [7, 11) is -3.47. The number of hydrogen-bond acceptors (Lipinski definition) is 4. The molecule has 3 aliphatic heterocycles. The third kappa shape index (κ3) is 2.36. The monoisotopic (exact) mass is 394 g/mol. The van der Waals surface area contributed by atoms with Crippen LogP contribution in [0.3, 0.4) is 0 Å². The third-order valence-electron chi connectivity index (χ3n) is 6.49. The summed E-state index contributed by atoms with van der Waals surface area (Å²) in [5, 5.41) is 1.12. The Hall–Kier alpha value is -2.38. The Morgan fingerprint density at radius 3 is 2.61 bits per heavy atom. The van der Waals surface area contributed by atoms with Crippen molar-refractivity contribution >= 4 is 26.7 Å². The number of pyridine rings is 1. The number of para-hydroxylation sites is 1. The second-order valence-electron chi connectivity index (χ2n) is 8.21. The Bertz CT molecular complexity index is 1140. The van der Waals surface area contributed by atoms with Crippen LogP contribution in [0, 0.1) is 5.92 Å². The molecule has 1 aliphatic carbocycles. The molecule has 7 rings (SSSR count). The zero-order valence-electron chi connectivity index (χ0n) is 15.5. The predicted molar refractivity (Wildman–Crippen MR) is 109 cm³/mol. The van der Waals surface area contributed by atoms with Crippen LogP contribution in [-0.2, 0) is 10.0 Å². The van der Waals surface area contributed by atoms with Crippen LogP contribution in [0.2, 0.25) is 0 Å². The van der Waals surface area contributed by atoms with Gasteiger partial charge in [0.1, 0.15) is 10.7 Å². The molecule has 7 heteroatoms. The van der Waals surface area contributed by atoms with E-state index in [4.69, 9.17) is 4.98 Å². The first-order chi connectivity index (χ1) is 13.6. The van der Waals surface area contributed by atoms with Crippen molar-refractivity contribution in [2.45, 2.75) is 30.2 Å². The second-order valence-corrected chi connectivity index (χ2v) is 10.2. The van der Waals surface area contributed by atoms with Gasteiger partial charge in [-0.05, 0) is 43.4 Å². The lowest BCUT2D eigenvalue weighted by molar-refractivity contribution is 0.309. The van der Waals surface area contributed by atoms with Gasteiger partial charge in [0.05, 0.1) is 5.69 Å². The minimum atomic E-state index is -3.47. The fraction of sp³-hybridized carbons (Fsp3) is 0.381. The summed E-state index contributed by atoms with van der Waals surface area (Å²) < 4.78 is 27.4. The normalized spacial score (nSPS) is 24.4. The molecule has 0 unspecified atom stereocenters. The van der Waals surface area contributed by atoms with Crippen LogP contribution in [0.25, 0.3) is 22.2 Å². The summed E-state index contributed by atoms with van der Waals surface area (Å²) in [4.78, 5) is 10.8. The number of H-pyrrole nitrogens is 1. The van der Waals surface area contributed by atoms with Gasteiger partial charge in [0.25, 0.3) is 0 Å². The highest BCUT2D eigenvalue weighted by Crippen LogP contribution is 2.45. The Balaban J connectivity index is 1.51. The molecule has 3 saturated heterocycles. The van der Waals surface area contributed by atoms with Crippen molar-refractivity contribution in [3.63, 3.8) is 0 Å². The highest BCUT2D eigenvalue weighted by atomic mass is 32.2. The van der Waals surface area contributed by atoms with Gasteiger partial charge < -0.3 is 9.88 Å². The van der Waals surface area contributed by atoms with Gasteiger partial charge in [-0.2, -0.15) is 4.31 Å². The largest absolute Gasteiger partial charge is 0.354 e. The summed E-state index contributed by atoms with van der Waals surface area (Å²) in [6.45, 7) is 2.21. The first kappa shape index (κ1) is 16.6. The van der Waals surface area contributed by atoms with E-state index in [-0.39, 0.29) is 4.90 Å². The Morgan fingerprint density at radius 1 is 1.11 bits per heavy atom. The zero-order chi connectivity index (χ0) is 18.9. The maximum atomic E-state index is 12.9. The van der Waals surface area contributed by atoms with E-state index in [1.54, 1.807) is 6.20 Å². The van der Waals surface area contributed by atoms with E-state index in [2.05, 4.69) is 22.0 Å². The lowest BCUT2D eigenvalue weighted by Gasteiger charge is -2.30. The van der Waals surface area contributed by atoms with E-state index in [1.165, 1.54) is 17.1 Å². The minimum Gasteiger partial charge on any atom is -0.354 e. The molecule has 2 bridgehead atoms. The SMILES string of the molecule is O=S(=O)(c1cnc(N2CC3CC2C3)c(-c2cc3ccccc3[nH]2)c1)N1CCC1. The second kappa shape index (κ2) is 5.81. The van der Waals surface area contributed by atoms with Crippen molar-refractivity contribution in [1.29, 1.82) is 0 Å². The lowest BCUT2D eigenvalue weighted by Crippen LogP contribution is -2.42. The number of fused-ring (bicyclic) bond motifs is 2. The van der Waals surface area contributed by atoms with Gasteiger partial charge in [0.15, 0.2) is 0 Å². The van der Waals surface area contributed by atoms with Gasteiger partial charge >= 0.3 is 0 Å². The molecule has 1 saturated carbocycles. The molecule has 3 aromatic rings. The van der Waals surface area contributed by atoms with Gasteiger partial charge in [-0.15, -0.1) is 0 Å². The predicted octanol–water partition coefficient (Wildman–Crippen LogP) is 3.22. The molecule has 144 valence electrons. The number of rotatable bonds is 4. The minimum absolute atomic E-state index is 0.288.